The molecule has 3 rings (SSSR count). The monoisotopic (exact) mass is 318 g/mol. The van der Waals surface area contributed by atoms with Crippen LogP contribution in [0.25, 0.3) is 11.5 Å². The summed E-state index contributed by atoms with van der Waals surface area (Å²) >= 11 is 1.57. The van der Waals surface area contributed by atoms with Gasteiger partial charge < -0.3 is 4.52 Å². The zero-order chi connectivity index (χ0) is 14.7. The molecule has 4 nitrogen and oxygen atoms in total. The van der Waals surface area contributed by atoms with Crippen LogP contribution in [0, 0.1) is 6.92 Å². The van der Waals surface area contributed by atoms with Crippen molar-refractivity contribution < 1.29 is 8.73 Å². The molecule has 1 aromatic carbocycles. The molecule has 0 aliphatic rings. The Morgan fingerprint density at radius 3 is 2.86 bits per heavy atom. The van der Waals surface area contributed by atoms with Crippen molar-refractivity contribution in [3.63, 3.8) is 0 Å². The molecule has 0 amide bonds. The zero-order valence-corrected chi connectivity index (χ0v) is 13.1. The summed E-state index contributed by atoms with van der Waals surface area (Å²) in [6, 6.07) is 9.89. The number of aromatic nitrogens is 2. The second kappa shape index (κ2) is 6.32. The average Bonchev–Trinajstić information content (AvgIpc) is 3.12. The number of hydrogen-bond donors (Lipinski definition) is 0. The van der Waals surface area contributed by atoms with Gasteiger partial charge in [0.2, 0.25) is 0 Å². The quantitative estimate of drug-likeness (QED) is 0.722. The normalized spacial score (nSPS) is 12.4. The molecule has 0 N–H and O–H groups in total. The fourth-order valence-corrected chi connectivity index (χ4v) is 3.76. The minimum atomic E-state index is -1.05. The standard InChI is InChI=1S/C15H14N2O2S2/c1-11-4-2-3-5-13(11)9-21(18)10-14-16-15(19-17-14)12-6-7-20-8-12/h2-8H,9-10H2,1H3/t21-/m0/s1. The fraction of sp³-hybridized carbons (Fsp3) is 0.200. The van der Waals surface area contributed by atoms with Crippen LogP contribution in [0.5, 0.6) is 0 Å². The van der Waals surface area contributed by atoms with Gasteiger partial charge in [0.05, 0.1) is 11.3 Å². The number of aryl methyl sites for hydroxylation is 1. The van der Waals surface area contributed by atoms with E-state index in [0.717, 1.165) is 16.7 Å². The van der Waals surface area contributed by atoms with E-state index in [-0.39, 0.29) is 0 Å². The summed E-state index contributed by atoms with van der Waals surface area (Å²) in [5.41, 5.74) is 3.15. The van der Waals surface area contributed by atoms with Gasteiger partial charge in [-0.3, -0.25) is 4.21 Å². The van der Waals surface area contributed by atoms with Crippen LogP contribution in [-0.4, -0.2) is 14.3 Å². The highest BCUT2D eigenvalue weighted by Gasteiger charge is 2.12. The molecule has 2 aromatic heterocycles. The maximum atomic E-state index is 12.2. The Morgan fingerprint density at radius 2 is 2.10 bits per heavy atom. The summed E-state index contributed by atoms with van der Waals surface area (Å²) in [5, 5.41) is 7.80. The lowest BCUT2D eigenvalue weighted by molar-refractivity contribution is 0.425. The van der Waals surface area contributed by atoms with Crippen LogP contribution in [0.4, 0.5) is 0 Å². The van der Waals surface area contributed by atoms with Crippen molar-refractivity contribution in [1.82, 2.24) is 10.1 Å². The Hall–Kier alpha value is -1.79. The molecule has 0 aliphatic heterocycles. The van der Waals surface area contributed by atoms with E-state index in [9.17, 15) is 4.21 Å². The number of thiophene rings is 1. The van der Waals surface area contributed by atoms with Crippen molar-refractivity contribution in [3.8, 4) is 11.5 Å². The van der Waals surface area contributed by atoms with Crippen LogP contribution >= 0.6 is 11.3 Å². The van der Waals surface area contributed by atoms with Gasteiger partial charge in [-0.05, 0) is 29.5 Å². The Balaban J connectivity index is 1.67. The maximum absolute atomic E-state index is 12.2. The Kier molecular flexibility index (Phi) is 4.26. The highest BCUT2D eigenvalue weighted by Crippen LogP contribution is 2.20. The number of benzene rings is 1. The second-order valence-electron chi connectivity index (χ2n) is 4.68. The molecule has 108 valence electrons. The molecule has 0 fully saturated rings. The van der Waals surface area contributed by atoms with Gasteiger partial charge in [-0.2, -0.15) is 16.3 Å². The van der Waals surface area contributed by atoms with E-state index in [1.807, 2.05) is 48.0 Å². The Morgan fingerprint density at radius 1 is 1.24 bits per heavy atom. The van der Waals surface area contributed by atoms with Crippen LogP contribution in [0.3, 0.4) is 0 Å². The van der Waals surface area contributed by atoms with Gasteiger partial charge in [0.25, 0.3) is 5.89 Å². The van der Waals surface area contributed by atoms with Crippen LogP contribution in [0.1, 0.15) is 17.0 Å². The summed E-state index contributed by atoms with van der Waals surface area (Å²) in [7, 11) is -1.05. The molecular weight excluding hydrogens is 304 g/mol. The maximum Gasteiger partial charge on any atom is 0.258 e. The van der Waals surface area contributed by atoms with Crippen LogP contribution in [0.2, 0.25) is 0 Å². The molecule has 2 heterocycles. The van der Waals surface area contributed by atoms with Crippen LogP contribution in [-0.2, 0) is 22.3 Å². The number of nitrogens with zero attached hydrogens (tertiary/aromatic N) is 2. The third-order valence-corrected chi connectivity index (χ3v) is 5.00. The van der Waals surface area contributed by atoms with Crippen molar-refractivity contribution in [2.24, 2.45) is 0 Å². The van der Waals surface area contributed by atoms with E-state index in [1.54, 1.807) is 11.3 Å². The van der Waals surface area contributed by atoms with Crippen molar-refractivity contribution in [2.45, 2.75) is 18.4 Å². The van der Waals surface area contributed by atoms with E-state index in [1.165, 1.54) is 0 Å². The van der Waals surface area contributed by atoms with Gasteiger partial charge in [0, 0.05) is 21.9 Å². The van der Waals surface area contributed by atoms with Crippen LogP contribution < -0.4 is 0 Å². The molecule has 3 aromatic rings. The first kappa shape index (κ1) is 14.2. The molecule has 21 heavy (non-hydrogen) atoms. The van der Waals surface area contributed by atoms with Crippen molar-refractivity contribution >= 4 is 22.1 Å². The highest BCUT2D eigenvalue weighted by atomic mass is 32.2. The average molecular weight is 318 g/mol. The molecule has 0 saturated heterocycles. The molecule has 0 spiro atoms. The molecular formula is C15H14N2O2S2. The molecule has 0 bridgehead atoms. The molecule has 0 saturated carbocycles. The summed E-state index contributed by atoms with van der Waals surface area (Å²) in [6.07, 6.45) is 0. The molecule has 0 aliphatic carbocycles. The molecule has 0 unspecified atom stereocenters. The SMILES string of the molecule is Cc1ccccc1C[S@](=O)Cc1noc(-c2ccsc2)n1. The topological polar surface area (TPSA) is 56.0 Å². The lowest BCUT2D eigenvalue weighted by Gasteiger charge is -2.03. The van der Waals surface area contributed by atoms with E-state index in [2.05, 4.69) is 10.1 Å². The first-order chi connectivity index (χ1) is 10.2. The van der Waals surface area contributed by atoms with Gasteiger partial charge in [-0.1, -0.05) is 29.4 Å². The van der Waals surface area contributed by atoms with Gasteiger partial charge in [-0.25, -0.2) is 0 Å². The first-order valence-corrected chi connectivity index (χ1v) is 8.90. The van der Waals surface area contributed by atoms with Gasteiger partial charge in [-0.15, -0.1) is 0 Å². The van der Waals surface area contributed by atoms with Gasteiger partial charge >= 0.3 is 0 Å². The summed E-state index contributed by atoms with van der Waals surface area (Å²) in [4.78, 5) is 4.29. The van der Waals surface area contributed by atoms with Crippen molar-refractivity contribution in [1.29, 1.82) is 0 Å². The largest absolute Gasteiger partial charge is 0.334 e. The first-order valence-electron chi connectivity index (χ1n) is 6.47. The molecule has 0 radical (unpaired) electrons. The lowest BCUT2D eigenvalue weighted by Crippen LogP contribution is -2.02. The number of rotatable bonds is 5. The predicted octanol–water partition coefficient (Wildman–Crippen LogP) is 3.56. The second-order valence-corrected chi connectivity index (χ2v) is 6.92. The summed E-state index contributed by atoms with van der Waals surface area (Å²) in [5.74, 6) is 1.79. The highest BCUT2D eigenvalue weighted by molar-refractivity contribution is 7.83. The molecule has 1 atom stereocenters. The van der Waals surface area contributed by atoms with Gasteiger partial charge in [0.1, 0.15) is 0 Å². The van der Waals surface area contributed by atoms with Crippen molar-refractivity contribution in [2.75, 3.05) is 0 Å². The summed E-state index contributed by atoms with van der Waals surface area (Å²) in [6.45, 7) is 2.02. The van der Waals surface area contributed by atoms with E-state index in [4.69, 9.17) is 4.52 Å². The lowest BCUT2D eigenvalue weighted by atomic mass is 10.1. The Bertz CT molecular complexity index is 751. The minimum Gasteiger partial charge on any atom is -0.334 e. The van der Waals surface area contributed by atoms with E-state index >= 15 is 0 Å². The zero-order valence-electron chi connectivity index (χ0n) is 11.5. The fourth-order valence-electron chi connectivity index (χ4n) is 1.96. The van der Waals surface area contributed by atoms with Crippen molar-refractivity contribution in [3.05, 3.63) is 58.0 Å². The predicted molar refractivity (Wildman–Crippen MR) is 84.3 cm³/mol. The van der Waals surface area contributed by atoms with Gasteiger partial charge in [0.15, 0.2) is 5.82 Å². The van der Waals surface area contributed by atoms with Crippen LogP contribution in [0.15, 0.2) is 45.6 Å². The smallest absolute Gasteiger partial charge is 0.258 e. The van der Waals surface area contributed by atoms with E-state index in [0.29, 0.717) is 23.2 Å². The summed E-state index contributed by atoms with van der Waals surface area (Å²) < 4.78 is 17.4. The Labute approximate surface area is 129 Å². The van der Waals surface area contributed by atoms with E-state index < -0.39 is 10.8 Å². The third-order valence-electron chi connectivity index (χ3n) is 3.10. The third kappa shape index (κ3) is 3.46. The molecule has 6 heteroatoms. The number of hydrogen-bond acceptors (Lipinski definition) is 5. The minimum absolute atomic E-state index is 0.308.